The Bertz CT molecular complexity index is 312. The van der Waals surface area contributed by atoms with Crippen LogP contribution in [-0.2, 0) is 0 Å². The lowest BCUT2D eigenvalue weighted by Crippen LogP contribution is -2.44. The minimum absolute atomic E-state index is 0.613. The quantitative estimate of drug-likeness (QED) is 0.833. The molecular formula is C11H16BrN3. The molecule has 1 N–H and O–H groups in total. The van der Waals surface area contributed by atoms with Crippen molar-refractivity contribution < 1.29 is 0 Å². The lowest BCUT2D eigenvalue weighted by Gasteiger charge is -2.34. The van der Waals surface area contributed by atoms with Crippen molar-refractivity contribution in [1.82, 2.24) is 10.3 Å². The van der Waals surface area contributed by atoms with Crippen LogP contribution in [0.4, 0.5) is 5.69 Å². The van der Waals surface area contributed by atoms with Crippen LogP contribution in [0.15, 0.2) is 22.9 Å². The van der Waals surface area contributed by atoms with Gasteiger partial charge in [-0.3, -0.25) is 0 Å². The summed E-state index contributed by atoms with van der Waals surface area (Å²) in [5, 5.41) is 3.34. The second-order valence-electron chi connectivity index (χ2n) is 3.91. The van der Waals surface area contributed by atoms with Crippen LogP contribution in [0.1, 0.15) is 12.8 Å². The van der Waals surface area contributed by atoms with Gasteiger partial charge in [0.1, 0.15) is 4.60 Å². The van der Waals surface area contributed by atoms with Crippen molar-refractivity contribution in [1.29, 1.82) is 0 Å². The molecule has 1 atom stereocenters. The molecule has 3 nitrogen and oxygen atoms in total. The van der Waals surface area contributed by atoms with Crippen LogP contribution >= 0.6 is 15.9 Å². The van der Waals surface area contributed by atoms with E-state index in [4.69, 9.17) is 0 Å². The number of hydrogen-bond acceptors (Lipinski definition) is 3. The van der Waals surface area contributed by atoms with Gasteiger partial charge in [0, 0.05) is 19.1 Å². The predicted molar refractivity (Wildman–Crippen MR) is 66.2 cm³/mol. The highest BCUT2D eigenvalue weighted by molar-refractivity contribution is 9.10. The van der Waals surface area contributed by atoms with E-state index >= 15 is 0 Å². The maximum atomic E-state index is 4.26. The molecular weight excluding hydrogens is 254 g/mol. The second kappa shape index (κ2) is 4.94. The van der Waals surface area contributed by atoms with E-state index in [-0.39, 0.29) is 0 Å². The number of nitrogens with one attached hydrogen (secondary N) is 1. The van der Waals surface area contributed by atoms with Crippen LogP contribution in [-0.4, -0.2) is 31.2 Å². The van der Waals surface area contributed by atoms with Crippen molar-refractivity contribution in [2.75, 3.05) is 25.0 Å². The first-order valence-corrected chi connectivity index (χ1v) is 6.12. The standard InChI is InChI=1S/C11H16BrN3/c1-13-9-3-2-6-15(8-9)10-4-5-11(12)14-7-10/h4-5,7,9,13H,2-3,6,8H2,1H3/t9-/m1/s1. The van der Waals surface area contributed by atoms with Gasteiger partial charge in [0.05, 0.1) is 11.9 Å². The zero-order chi connectivity index (χ0) is 10.7. The van der Waals surface area contributed by atoms with Gasteiger partial charge in [-0.25, -0.2) is 4.98 Å². The van der Waals surface area contributed by atoms with Gasteiger partial charge in [0.25, 0.3) is 0 Å². The number of nitrogens with zero attached hydrogens (tertiary/aromatic N) is 2. The van der Waals surface area contributed by atoms with Gasteiger partial charge in [-0.15, -0.1) is 0 Å². The first-order valence-electron chi connectivity index (χ1n) is 5.33. The second-order valence-corrected chi connectivity index (χ2v) is 4.73. The van der Waals surface area contributed by atoms with Crippen molar-refractivity contribution in [3.05, 3.63) is 22.9 Å². The summed E-state index contributed by atoms with van der Waals surface area (Å²) < 4.78 is 0.897. The minimum Gasteiger partial charge on any atom is -0.369 e. The van der Waals surface area contributed by atoms with Gasteiger partial charge >= 0.3 is 0 Å². The average molecular weight is 270 g/mol. The van der Waals surface area contributed by atoms with Crippen molar-refractivity contribution in [2.45, 2.75) is 18.9 Å². The Morgan fingerprint density at radius 3 is 3.07 bits per heavy atom. The normalized spacial score (nSPS) is 21.7. The number of hydrogen-bond donors (Lipinski definition) is 1. The summed E-state index contributed by atoms with van der Waals surface area (Å²) in [6.07, 6.45) is 4.46. The van der Waals surface area contributed by atoms with E-state index in [0.29, 0.717) is 6.04 Å². The highest BCUT2D eigenvalue weighted by Gasteiger charge is 2.18. The number of likely N-dealkylation sites (N-methyl/N-ethyl adjacent to an activating group) is 1. The molecule has 0 unspecified atom stereocenters. The fourth-order valence-corrected chi connectivity index (χ4v) is 2.24. The zero-order valence-corrected chi connectivity index (χ0v) is 10.5. The third-order valence-corrected chi connectivity index (χ3v) is 3.38. The van der Waals surface area contributed by atoms with Crippen molar-refractivity contribution in [2.24, 2.45) is 0 Å². The minimum atomic E-state index is 0.613. The van der Waals surface area contributed by atoms with E-state index in [0.717, 1.165) is 17.7 Å². The monoisotopic (exact) mass is 269 g/mol. The molecule has 0 aromatic carbocycles. The van der Waals surface area contributed by atoms with Gasteiger partial charge in [0.15, 0.2) is 0 Å². The van der Waals surface area contributed by atoms with Gasteiger partial charge < -0.3 is 10.2 Å². The van der Waals surface area contributed by atoms with Crippen LogP contribution in [0.2, 0.25) is 0 Å². The van der Waals surface area contributed by atoms with E-state index in [2.05, 4.69) is 37.2 Å². The fourth-order valence-electron chi connectivity index (χ4n) is 2.00. The maximum absolute atomic E-state index is 4.26. The molecule has 0 radical (unpaired) electrons. The SMILES string of the molecule is CN[C@@H]1CCCN(c2ccc(Br)nc2)C1. The molecule has 1 aliphatic rings. The first-order chi connectivity index (χ1) is 7.29. The van der Waals surface area contributed by atoms with Crippen LogP contribution < -0.4 is 10.2 Å². The third kappa shape index (κ3) is 2.69. The predicted octanol–water partition coefficient (Wildman–Crippen LogP) is 2.03. The molecule has 82 valence electrons. The van der Waals surface area contributed by atoms with Gasteiger partial charge in [-0.2, -0.15) is 0 Å². The fraction of sp³-hybridized carbons (Fsp3) is 0.545. The van der Waals surface area contributed by atoms with Crippen LogP contribution in [0.3, 0.4) is 0 Å². The van der Waals surface area contributed by atoms with Crippen molar-refractivity contribution >= 4 is 21.6 Å². The Morgan fingerprint density at radius 2 is 2.40 bits per heavy atom. The van der Waals surface area contributed by atoms with E-state index < -0.39 is 0 Å². The molecule has 2 heterocycles. The molecule has 0 amide bonds. The smallest absolute Gasteiger partial charge is 0.106 e. The lowest BCUT2D eigenvalue weighted by atomic mass is 10.1. The highest BCUT2D eigenvalue weighted by Crippen LogP contribution is 2.20. The highest BCUT2D eigenvalue weighted by atomic mass is 79.9. The Hall–Kier alpha value is -0.610. The summed E-state index contributed by atoms with van der Waals surface area (Å²) in [5.74, 6) is 0. The number of aromatic nitrogens is 1. The maximum Gasteiger partial charge on any atom is 0.106 e. The number of rotatable bonds is 2. The summed E-state index contributed by atoms with van der Waals surface area (Å²) in [4.78, 5) is 6.65. The Morgan fingerprint density at radius 1 is 1.53 bits per heavy atom. The summed E-state index contributed by atoms with van der Waals surface area (Å²) >= 11 is 3.35. The van der Waals surface area contributed by atoms with Gasteiger partial charge in [-0.1, -0.05) is 0 Å². The topological polar surface area (TPSA) is 28.2 Å². The molecule has 1 aromatic rings. The Kier molecular flexibility index (Phi) is 3.59. The zero-order valence-electron chi connectivity index (χ0n) is 8.91. The van der Waals surface area contributed by atoms with Crippen LogP contribution in [0.5, 0.6) is 0 Å². The van der Waals surface area contributed by atoms with E-state index in [9.17, 15) is 0 Å². The molecule has 1 aromatic heterocycles. The molecule has 0 saturated carbocycles. The molecule has 2 rings (SSSR count). The van der Waals surface area contributed by atoms with Crippen molar-refractivity contribution in [3.8, 4) is 0 Å². The molecule has 1 aliphatic heterocycles. The average Bonchev–Trinajstić information content (AvgIpc) is 2.30. The van der Waals surface area contributed by atoms with E-state index in [1.807, 2.05) is 19.3 Å². The summed E-state index contributed by atoms with van der Waals surface area (Å²) in [6, 6.07) is 4.73. The Balaban J connectivity index is 2.06. The third-order valence-electron chi connectivity index (χ3n) is 2.91. The number of halogens is 1. The van der Waals surface area contributed by atoms with Crippen LogP contribution in [0, 0.1) is 0 Å². The number of anilines is 1. The number of pyridine rings is 1. The molecule has 15 heavy (non-hydrogen) atoms. The molecule has 1 saturated heterocycles. The van der Waals surface area contributed by atoms with Crippen molar-refractivity contribution in [3.63, 3.8) is 0 Å². The molecule has 0 aliphatic carbocycles. The first kappa shape index (κ1) is 10.9. The van der Waals surface area contributed by atoms with E-state index in [1.165, 1.54) is 18.5 Å². The Labute approximate surface area is 99.0 Å². The molecule has 4 heteroatoms. The lowest BCUT2D eigenvalue weighted by molar-refractivity contribution is 0.449. The molecule has 0 bridgehead atoms. The van der Waals surface area contributed by atoms with Gasteiger partial charge in [-0.05, 0) is 48.0 Å². The van der Waals surface area contributed by atoms with Gasteiger partial charge in [0.2, 0.25) is 0 Å². The number of piperidine rings is 1. The summed E-state index contributed by atoms with van der Waals surface area (Å²) in [6.45, 7) is 2.22. The van der Waals surface area contributed by atoms with Crippen LogP contribution in [0.25, 0.3) is 0 Å². The molecule has 0 spiro atoms. The summed E-state index contributed by atoms with van der Waals surface area (Å²) in [5.41, 5.74) is 1.22. The molecule has 1 fully saturated rings. The van der Waals surface area contributed by atoms with E-state index in [1.54, 1.807) is 0 Å². The summed E-state index contributed by atoms with van der Waals surface area (Å²) in [7, 11) is 2.04. The largest absolute Gasteiger partial charge is 0.369 e.